The molecule has 0 spiro atoms. The molecular formula is C45H61NO6. The SMILES string of the molecule is CCCCCc1cccc(C2CCC3C2CC2C4C(=CCCN2C3C(O)C2C=CCC(C3CCCC3)C2)OC(=C2OC(=O)C(CO)=C2OC)C4C)c1. The lowest BCUT2D eigenvalue weighted by Crippen LogP contribution is -2.61. The summed E-state index contributed by atoms with van der Waals surface area (Å²) in [5.41, 5.74) is 3.07. The second kappa shape index (κ2) is 15.5. The minimum Gasteiger partial charge on any atom is -0.492 e. The molecule has 2 saturated heterocycles. The Labute approximate surface area is 311 Å². The zero-order valence-electron chi connectivity index (χ0n) is 31.7. The number of carbonyl (C=O) groups is 1. The highest BCUT2D eigenvalue weighted by Gasteiger charge is 2.57. The lowest BCUT2D eigenvalue weighted by molar-refractivity contribution is -0.133. The van der Waals surface area contributed by atoms with Gasteiger partial charge in [0.1, 0.15) is 11.3 Å². The Balaban J connectivity index is 1.14. The number of hydrogen-bond acceptors (Lipinski definition) is 7. The number of carbonyl (C=O) groups excluding carboxylic acids is 1. The van der Waals surface area contributed by atoms with E-state index in [1.165, 1.54) is 69.6 Å². The van der Waals surface area contributed by atoms with Crippen LogP contribution in [0.15, 0.2) is 71.1 Å². The molecule has 7 heteroatoms. The summed E-state index contributed by atoms with van der Waals surface area (Å²) < 4.78 is 18.1. The molecular weight excluding hydrogens is 650 g/mol. The van der Waals surface area contributed by atoms with Gasteiger partial charge in [0.15, 0.2) is 11.5 Å². The minimum absolute atomic E-state index is 0.0606. The van der Waals surface area contributed by atoms with E-state index in [0.717, 1.165) is 56.7 Å². The molecule has 4 heterocycles. The first-order chi connectivity index (χ1) is 25.4. The van der Waals surface area contributed by atoms with E-state index in [1.807, 2.05) is 0 Å². The second-order valence-corrected chi connectivity index (χ2v) is 17.2. The highest BCUT2D eigenvalue weighted by atomic mass is 16.6. The van der Waals surface area contributed by atoms with Crippen LogP contribution >= 0.6 is 0 Å². The smallest absolute Gasteiger partial charge is 0.345 e. The molecule has 10 unspecified atom stereocenters. The number of cyclic esters (lactones) is 1. The molecule has 2 saturated carbocycles. The lowest BCUT2D eigenvalue weighted by Gasteiger charge is -2.53. The van der Waals surface area contributed by atoms with E-state index < -0.39 is 18.7 Å². The monoisotopic (exact) mass is 711 g/mol. The number of esters is 1. The van der Waals surface area contributed by atoms with E-state index in [-0.39, 0.29) is 41.2 Å². The number of benzene rings is 1. The maximum atomic E-state index is 12.8. The van der Waals surface area contributed by atoms with Crippen molar-refractivity contribution in [1.82, 2.24) is 4.90 Å². The molecule has 1 aromatic rings. The Morgan fingerprint density at radius 1 is 1.04 bits per heavy atom. The molecule has 0 amide bonds. The molecule has 52 heavy (non-hydrogen) atoms. The number of hydrogen-bond donors (Lipinski definition) is 2. The van der Waals surface area contributed by atoms with Crippen LogP contribution < -0.4 is 0 Å². The van der Waals surface area contributed by atoms with Crippen molar-refractivity contribution < 1.29 is 29.2 Å². The Hall–Kier alpha value is -2.87. The van der Waals surface area contributed by atoms with E-state index >= 15 is 0 Å². The van der Waals surface area contributed by atoms with Crippen molar-refractivity contribution in [3.05, 3.63) is 82.2 Å². The maximum Gasteiger partial charge on any atom is 0.345 e. The highest BCUT2D eigenvalue weighted by Crippen LogP contribution is 2.58. The standard InChI is InChI=1S/C45H61NO6/c1-4-5-6-12-28-13-9-17-31(23-28)33-20-21-34-35(33)25-37-39-27(2)42(44-43(50-3)36(26-47)45(49)52-44)51-38(39)19-11-22-46(37)40(34)41(48)32-18-10-16-30(24-32)29-14-7-8-15-29/h9-10,13,17-19,23,27,29-30,32-35,37,39-41,47-48H,4-8,11-12,14-16,20-22,24-26H2,1-3H3. The number of methoxy groups -OCH3 is 1. The van der Waals surface area contributed by atoms with Gasteiger partial charge in [-0.05, 0) is 98.2 Å². The van der Waals surface area contributed by atoms with E-state index in [1.54, 1.807) is 0 Å². The van der Waals surface area contributed by atoms with Gasteiger partial charge in [-0.3, -0.25) is 4.90 Å². The number of aliphatic hydroxyl groups is 2. The van der Waals surface area contributed by atoms with E-state index in [9.17, 15) is 15.0 Å². The average molecular weight is 712 g/mol. The molecule has 2 N–H and O–H groups in total. The molecule has 4 aliphatic heterocycles. The largest absolute Gasteiger partial charge is 0.492 e. The maximum absolute atomic E-state index is 12.8. The zero-order chi connectivity index (χ0) is 35.9. The van der Waals surface area contributed by atoms with Gasteiger partial charge in [-0.1, -0.05) is 88.8 Å². The van der Waals surface area contributed by atoms with Crippen LogP contribution in [0.3, 0.4) is 0 Å². The first-order valence-electron chi connectivity index (χ1n) is 20.8. The number of fused-ring (bicyclic) bond motifs is 4. The van der Waals surface area contributed by atoms with Gasteiger partial charge in [-0.2, -0.15) is 0 Å². The summed E-state index contributed by atoms with van der Waals surface area (Å²) in [5.74, 6) is 4.60. The van der Waals surface area contributed by atoms with Crippen LogP contribution in [0.4, 0.5) is 0 Å². The predicted molar refractivity (Wildman–Crippen MR) is 202 cm³/mol. The fraction of sp³-hybridized carbons (Fsp3) is 0.667. The Kier molecular flexibility index (Phi) is 10.7. The van der Waals surface area contributed by atoms with Crippen molar-refractivity contribution >= 4 is 5.97 Å². The van der Waals surface area contributed by atoms with Crippen LogP contribution in [-0.2, 0) is 25.4 Å². The third-order valence-electron chi connectivity index (χ3n) is 14.5. The van der Waals surface area contributed by atoms with E-state index in [2.05, 4.69) is 61.2 Å². The van der Waals surface area contributed by atoms with Gasteiger partial charge in [-0.15, -0.1) is 0 Å². The fourth-order valence-electron chi connectivity index (χ4n) is 12.1. The summed E-state index contributed by atoms with van der Waals surface area (Å²) in [5, 5.41) is 22.7. The Bertz CT molecular complexity index is 1600. The number of aryl methyl sites for hydroxylation is 1. The van der Waals surface area contributed by atoms with Gasteiger partial charge in [0.2, 0.25) is 5.76 Å². The van der Waals surface area contributed by atoms with Crippen LogP contribution in [0.5, 0.6) is 0 Å². The van der Waals surface area contributed by atoms with Gasteiger partial charge in [0.05, 0.1) is 19.8 Å². The van der Waals surface area contributed by atoms with E-state index in [0.29, 0.717) is 35.2 Å². The average Bonchev–Trinajstić information content (AvgIpc) is 3.95. The van der Waals surface area contributed by atoms with E-state index in [4.69, 9.17) is 14.2 Å². The zero-order valence-corrected chi connectivity index (χ0v) is 31.7. The Morgan fingerprint density at radius 2 is 1.88 bits per heavy atom. The van der Waals surface area contributed by atoms with Gasteiger partial charge < -0.3 is 24.4 Å². The molecule has 0 radical (unpaired) electrons. The molecule has 3 aliphatic carbocycles. The van der Waals surface area contributed by atoms with Crippen molar-refractivity contribution in [2.45, 2.75) is 128 Å². The third kappa shape index (κ3) is 6.51. The summed E-state index contributed by atoms with van der Waals surface area (Å²) in [4.78, 5) is 15.5. The third-order valence-corrected chi connectivity index (χ3v) is 14.5. The summed E-state index contributed by atoms with van der Waals surface area (Å²) >= 11 is 0. The minimum atomic E-state index is -0.578. The van der Waals surface area contributed by atoms with Gasteiger partial charge >= 0.3 is 5.97 Å². The van der Waals surface area contributed by atoms with Gasteiger partial charge in [-0.25, -0.2) is 4.79 Å². The second-order valence-electron chi connectivity index (χ2n) is 17.2. The number of allylic oxidation sites excluding steroid dienone is 2. The Morgan fingerprint density at radius 3 is 2.67 bits per heavy atom. The topological polar surface area (TPSA) is 88.5 Å². The molecule has 1 aromatic carbocycles. The molecule has 8 rings (SSSR count). The number of aliphatic hydroxyl groups excluding tert-OH is 2. The van der Waals surface area contributed by atoms with Crippen LogP contribution in [0.25, 0.3) is 0 Å². The number of unbranched alkanes of at least 4 members (excludes halogenated alkanes) is 2. The van der Waals surface area contributed by atoms with Crippen molar-refractivity contribution in [3.63, 3.8) is 0 Å². The van der Waals surface area contributed by atoms with Crippen molar-refractivity contribution in [3.8, 4) is 0 Å². The summed E-state index contributed by atoms with van der Waals surface area (Å²) in [6, 6.07) is 9.73. The molecule has 4 fully saturated rings. The molecule has 10 atom stereocenters. The van der Waals surface area contributed by atoms with Crippen LogP contribution in [-0.4, -0.2) is 59.5 Å². The van der Waals surface area contributed by atoms with Crippen molar-refractivity contribution in [1.29, 1.82) is 0 Å². The summed E-state index contributed by atoms with van der Waals surface area (Å²) in [7, 11) is 1.51. The lowest BCUT2D eigenvalue weighted by atomic mass is 9.66. The van der Waals surface area contributed by atoms with Crippen LogP contribution in [0.2, 0.25) is 0 Å². The van der Waals surface area contributed by atoms with Crippen molar-refractivity contribution in [2.24, 2.45) is 41.4 Å². The first-order valence-corrected chi connectivity index (χ1v) is 20.8. The number of rotatable bonds is 10. The molecule has 282 valence electrons. The molecule has 0 aromatic heterocycles. The fourth-order valence-corrected chi connectivity index (χ4v) is 12.1. The molecule has 7 nitrogen and oxygen atoms in total. The molecule has 0 bridgehead atoms. The predicted octanol–water partition coefficient (Wildman–Crippen LogP) is 8.34. The number of ether oxygens (including phenoxy) is 3. The first kappa shape index (κ1) is 36.1. The van der Waals surface area contributed by atoms with Gasteiger partial charge in [0.25, 0.3) is 0 Å². The normalized spacial score (nSPS) is 36.9. The summed E-state index contributed by atoms with van der Waals surface area (Å²) in [6.07, 6.45) is 23.4. The molecule has 7 aliphatic rings. The quantitative estimate of drug-likeness (QED) is 0.143. The van der Waals surface area contributed by atoms with Crippen molar-refractivity contribution in [2.75, 3.05) is 20.3 Å². The number of nitrogens with zero attached hydrogens (tertiary/aromatic N) is 1. The number of piperidine rings is 1. The highest BCUT2D eigenvalue weighted by molar-refractivity contribution is 5.94. The van der Waals surface area contributed by atoms with Gasteiger partial charge in [0, 0.05) is 36.4 Å². The summed E-state index contributed by atoms with van der Waals surface area (Å²) in [6.45, 7) is 4.92. The van der Waals surface area contributed by atoms with Crippen LogP contribution in [0, 0.1) is 41.4 Å². The van der Waals surface area contributed by atoms with Crippen LogP contribution in [0.1, 0.15) is 114 Å².